The minimum absolute atomic E-state index is 0.0487. The lowest BCUT2D eigenvalue weighted by Gasteiger charge is -2.26. The van der Waals surface area contributed by atoms with Gasteiger partial charge in [-0.1, -0.05) is 13.0 Å². The van der Waals surface area contributed by atoms with Crippen molar-refractivity contribution in [3.63, 3.8) is 0 Å². The third-order valence-corrected chi connectivity index (χ3v) is 4.10. The molecule has 0 spiro atoms. The Kier molecular flexibility index (Phi) is 4.94. The van der Waals surface area contributed by atoms with Crippen molar-refractivity contribution < 1.29 is 19.1 Å². The highest BCUT2D eigenvalue weighted by atomic mass is 19.1. The topological polar surface area (TPSA) is 66.4 Å². The minimum Gasteiger partial charge on any atom is -0.481 e. The maximum Gasteiger partial charge on any atom is 0.306 e. The number of carboxylic acids is 1. The molecule has 1 saturated carbocycles. The van der Waals surface area contributed by atoms with Gasteiger partial charge in [-0.05, 0) is 49.8 Å². The first kappa shape index (κ1) is 15.5. The SMILES string of the molecule is CCc1ccc(C(=O)NC2CCC(C(=O)O)CC2)c(F)c1. The van der Waals surface area contributed by atoms with Crippen LogP contribution >= 0.6 is 0 Å². The van der Waals surface area contributed by atoms with Crippen LogP contribution in [0.25, 0.3) is 0 Å². The predicted molar refractivity (Wildman–Crippen MR) is 76.6 cm³/mol. The molecule has 2 N–H and O–H groups in total. The van der Waals surface area contributed by atoms with Gasteiger partial charge in [-0.3, -0.25) is 9.59 Å². The number of aryl methyl sites for hydroxylation is 1. The maximum absolute atomic E-state index is 13.9. The number of rotatable bonds is 4. The summed E-state index contributed by atoms with van der Waals surface area (Å²) in [6, 6.07) is 4.57. The van der Waals surface area contributed by atoms with Crippen molar-refractivity contribution in [3.05, 3.63) is 35.1 Å². The van der Waals surface area contributed by atoms with Crippen LogP contribution in [0.5, 0.6) is 0 Å². The molecule has 1 aliphatic rings. The van der Waals surface area contributed by atoms with Crippen LogP contribution in [-0.4, -0.2) is 23.0 Å². The Balaban J connectivity index is 1.95. The number of hydrogen-bond donors (Lipinski definition) is 2. The number of amides is 1. The molecule has 0 unspecified atom stereocenters. The normalized spacial score (nSPS) is 21.8. The number of hydrogen-bond acceptors (Lipinski definition) is 2. The number of halogens is 1. The van der Waals surface area contributed by atoms with E-state index in [0.717, 1.165) is 12.0 Å². The summed E-state index contributed by atoms with van der Waals surface area (Å²) in [7, 11) is 0. The van der Waals surface area contributed by atoms with Crippen LogP contribution in [0.4, 0.5) is 4.39 Å². The fraction of sp³-hybridized carbons (Fsp3) is 0.500. The second-order valence-electron chi connectivity index (χ2n) is 5.53. The minimum atomic E-state index is -0.777. The number of carbonyl (C=O) groups excluding carboxylic acids is 1. The average molecular weight is 293 g/mol. The Morgan fingerprint density at radius 1 is 1.29 bits per heavy atom. The standard InChI is InChI=1S/C16H20FNO3/c1-2-10-3-8-13(14(17)9-10)15(19)18-12-6-4-11(5-7-12)16(20)21/h3,8-9,11-12H,2,4-7H2,1H3,(H,18,19)(H,20,21). The molecule has 0 bridgehead atoms. The van der Waals surface area contributed by atoms with Gasteiger partial charge in [0.1, 0.15) is 5.82 Å². The van der Waals surface area contributed by atoms with Crippen LogP contribution in [0.2, 0.25) is 0 Å². The van der Waals surface area contributed by atoms with Gasteiger partial charge in [-0.2, -0.15) is 0 Å². The molecule has 0 saturated heterocycles. The van der Waals surface area contributed by atoms with Crippen LogP contribution in [0.1, 0.15) is 48.5 Å². The van der Waals surface area contributed by atoms with Gasteiger partial charge in [0.2, 0.25) is 0 Å². The highest BCUT2D eigenvalue weighted by molar-refractivity contribution is 5.94. The number of carbonyl (C=O) groups is 2. The Hall–Kier alpha value is -1.91. The van der Waals surface area contributed by atoms with E-state index < -0.39 is 17.7 Å². The van der Waals surface area contributed by atoms with Gasteiger partial charge in [0.15, 0.2) is 0 Å². The zero-order valence-electron chi connectivity index (χ0n) is 12.1. The molecule has 0 aromatic heterocycles. The molecule has 1 aromatic rings. The summed E-state index contributed by atoms with van der Waals surface area (Å²) in [5.41, 5.74) is 0.901. The summed E-state index contributed by atoms with van der Waals surface area (Å²) >= 11 is 0. The lowest BCUT2D eigenvalue weighted by molar-refractivity contribution is -0.142. The van der Waals surface area contributed by atoms with Gasteiger partial charge in [0.25, 0.3) is 5.91 Å². The first-order chi connectivity index (χ1) is 10.0. The van der Waals surface area contributed by atoms with Crippen LogP contribution in [-0.2, 0) is 11.2 Å². The van der Waals surface area contributed by atoms with Crippen molar-refractivity contribution >= 4 is 11.9 Å². The summed E-state index contributed by atoms with van der Waals surface area (Å²) in [6.45, 7) is 1.93. The number of benzene rings is 1. The van der Waals surface area contributed by atoms with Crippen molar-refractivity contribution in [2.45, 2.75) is 45.1 Å². The summed E-state index contributed by atoms with van der Waals surface area (Å²) in [6.07, 6.45) is 3.07. The van der Waals surface area contributed by atoms with Crippen molar-refractivity contribution in [2.24, 2.45) is 5.92 Å². The zero-order chi connectivity index (χ0) is 15.4. The number of carboxylic acid groups (broad SMARTS) is 1. The molecule has 0 radical (unpaired) electrons. The Morgan fingerprint density at radius 2 is 1.95 bits per heavy atom. The van der Waals surface area contributed by atoms with E-state index >= 15 is 0 Å². The molecule has 0 atom stereocenters. The van der Waals surface area contributed by atoms with E-state index in [0.29, 0.717) is 25.7 Å². The van der Waals surface area contributed by atoms with Crippen molar-refractivity contribution in [2.75, 3.05) is 0 Å². The first-order valence-electron chi connectivity index (χ1n) is 7.33. The molecule has 1 aliphatic carbocycles. The van der Waals surface area contributed by atoms with Gasteiger partial charge in [0.05, 0.1) is 11.5 Å². The molecule has 21 heavy (non-hydrogen) atoms. The molecular weight excluding hydrogens is 273 g/mol. The summed E-state index contributed by atoms with van der Waals surface area (Å²) in [5.74, 6) is -2.03. The van der Waals surface area contributed by atoms with E-state index in [4.69, 9.17) is 5.11 Å². The highest BCUT2D eigenvalue weighted by Gasteiger charge is 2.27. The van der Waals surface area contributed by atoms with Gasteiger partial charge in [0, 0.05) is 6.04 Å². The van der Waals surface area contributed by atoms with E-state index in [-0.39, 0.29) is 17.5 Å². The third-order valence-electron chi connectivity index (χ3n) is 4.10. The number of nitrogens with one attached hydrogen (secondary N) is 1. The third kappa shape index (κ3) is 3.80. The fourth-order valence-electron chi connectivity index (χ4n) is 2.71. The molecule has 114 valence electrons. The van der Waals surface area contributed by atoms with Crippen LogP contribution in [0, 0.1) is 11.7 Å². The molecule has 0 aliphatic heterocycles. The smallest absolute Gasteiger partial charge is 0.306 e. The van der Waals surface area contributed by atoms with E-state index in [2.05, 4.69) is 5.32 Å². The highest BCUT2D eigenvalue weighted by Crippen LogP contribution is 2.24. The van der Waals surface area contributed by atoms with Gasteiger partial charge in [-0.15, -0.1) is 0 Å². The van der Waals surface area contributed by atoms with E-state index in [1.165, 1.54) is 12.1 Å². The molecule has 5 heteroatoms. The van der Waals surface area contributed by atoms with E-state index in [9.17, 15) is 14.0 Å². The van der Waals surface area contributed by atoms with Crippen molar-refractivity contribution in [1.29, 1.82) is 0 Å². The quantitative estimate of drug-likeness (QED) is 0.897. The molecular formula is C16H20FNO3. The lowest BCUT2D eigenvalue weighted by Crippen LogP contribution is -2.39. The number of aliphatic carboxylic acids is 1. The predicted octanol–water partition coefficient (Wildman–Crippen LogP) is 2.76. The van der Waals surface area contributed by atoms with Crippen LogP contribution in [0.3, 0.4) is 0 Å². The largest absolute Gasteiger partial charge is 0.481 e. The Labute approximate surface area is 123 Å². The lowest BCUT2D eigenvalue weighted by atomic mass is 9.86. The van der Waals surface area contributed by atoms with Crippen molar-refractivity contribution in [1.82, 2.24) is 5.32 Å². The molecule has 1 aromatic carbocycles. The van der Waals surface area contributed by atoms with Crippen LogP contribution < -0.4 is 5.32 Å². The maximum atomic E-state index is 13.9. The van der Waals surface area contributed by atoms with E-state index in [1.807, 2.05) is 6.92 Å². The van der Waals surface area contributed by atoms with Crippen molar-refractivity contribution in [3.8, 4) is 0 Å². The van der Waals surface area contributed by atoms with Gasteiger partial charge in [-0.25, -0.2) is 4.39 Å². The first-order valence-corrected chi connectivity index (χ1v) is 7.33. The Morgan fingerprint density at radius 3 is 2.48 bits per heavy atom. The summed E-state index contributed by atoms with van der Waals surface area (Å²) < 4.78 is 13.9. The second kappa shape index (κ2) is 6.70. The van der Waals surface area contributed by atoms with Crippen LogP contribution in [0.15, 0.2) is 18.2 Å². The molecule has 4 nitrogen and oxygen atoms in total. The molecule has 0 heterocycles. The molecule has 1 amide bonds. The van der Waals surface area contributed by atoms with Gasteiger partial charge >= 0.3 is 5.97 Å². The fourth-order valence-corrected chi connectivity index (χ4v) is 2.71. The van der Waals surface area contributed by atoms with Gasteiger partial charge < -0.3 is 10.4 Å². The van der Waals surface area contributed by atoms with E-state index in [1.54, 1.807) is 6.07 Å². The second-order valence-corrected chi connectivity index (χ2v) is 5.53. The summed E-state index contributed by atoms with van der Waals surface area (Å²) in [4.78, 5) is 23.0. The molecule has 2 rings (SSSR count). The zero-order valence-corrected chi connectivity index (χ0v) is 12.1. The Bertz CT molecular complexity index is 536. The molecule has 1 fully saturated rings. The average Bonchev–Trinajstić information content (AvgIpc) is 2.47. The monoisotopic (exact) mass is 293 g/mol. The summed E-state index contributed by atoms with van der Waals surface area (Å²) in [5, 5.41) is 11.7.